The molecule has 0 saturated carbocycles. The van der Waals surface area contributed by atoms with Crippen molar-refractivity contribution in [2.75, 3.05) is 0 Å². The number of benzene rings is 4. The van der Waals surface area contributed by atoms with Crippen LogP contribution in [0.1, 0.15) is 63.5 Å². The normalized spacial score (nSPS) is 11.2. The van der Waals surface area contributed by atoms with E-state index in [0.717, 1.165) is 0 Å². The molecular formula is C44H52HfSi. The van der Waals surface area contributed by atoms with Crippen molar-refractivity contribution >= 4 is 40.0 Å². The minimum atomic E-state index is -2.06. The third-order valence-electron chi connectivity index (χ3n) is 9.89. The fourth-order valence-electron chi connectivity index (χ4n) is 7.46. The van der Waals surface area contributed by atoms with Crippen molar-refractivity contribution in [2.45, 2.75) is 78.3 Å². The molecule has 0 fully saturated rings. The molecule has 0 heterocycles. The Morgan fingerprint density at radius 1 is 0.500 bits per heavy atom. The van der Waals surface area contributed by atoms with Crippen molar-refractivity contribution in [1.82, 2.24) is 0 Å². The van der Waals surface area contributed by atoms with Gasteiger partial charge in [-0.1, -0.05) is 136 Å². The molecule has 236 valence electrons. The van der Waals surface area contributed by atoms with Crippen LogP contribution in [0.3, 0.4) is 0 Å². The van der Waals surface area contributed by atoms with Crippen LogP contribution in [-0.4, -0.2) is 8.07 Å². The van der Waals surface area contributed by atoms with Gasteiger partial charge in [-0.3, -0.25) is 0 Å². The maximum absolute atomic E-state index is 2.63. The number of aryl methyl sites for hydroxylation is 2. The SMILES string of the molecule is CCCCC[Si](CCCCC)(c1cc2c(-c3ccccc3C)cccc2[cH-]1)c1cc2c(-c3ccccc3C)cccc2[cH-]1.[CH3-].[CH3-].[Hf+4]. The Bertz CT molecular complexity index is 1700. The van der Waals surface area contributed by atoms with Gasteiger partial charge in [0.25, 0.3) is 0 Å². The van der Waals surface area contributed by atoms with E-state index in [9.17, 15) is 0 Å². The Labute approximate surface area is 299 Å². The molecule has 6 aromatic carbocycles. The summed E-state index contributed by atoms with van der Waals surface area (Å²) < 4.78 is 0. The van der Waals surface area contributed by atoms with Gasteiger partial charge in [-0.2, -0.15) is 12.1 Å². The van der Waals surface area contributed by atoms with Crippen molar-refractivity contribution < 1.29 is 25.8 Å². The summed E-state index contributed by atoms with van der Waals surface area (Å²) in [5.74, 6) is 0. The zero-order valence-corrected chi connectivity index (χ0v) is 33.6. The maximum atomic E-state index is 2.63. The predicted molar refractivity (Wildman–Crippen MR) is 206 cm³/mol. The fourth-order valence-corrected chi connectivity index (χ4v) is 12.6. The van der Waals surface area contributed by atoms with E-state index >= 15 is 0 Å². The van der Waals surface area contributed by atoms with E-state index in [0.29, 0.717) is 0 Å². The minimum Gasteiger partial charge on any atom is -0.358 e. The van der Waals surface area contributed by atoms with Crippen LogP contribution in [-0.2, 0) is 25.8 Å². The van der Waals surface area contributed by atoms with Gasteiger partial charge in [-0.25, -0.2) is 0 Å². The summed E-state index contributed by atoms with van der Waals surface area (Å²) in [6.07, 6.45) is 7.78. The molecule has 0 aliphatic carbocycles. The van der Waals surface area contributed by atoms with Crippen molar-refractivity contribution in [3.05, 3.63) is 135 Å². The molecule has 0 radical (unpaired) electrons. The Morgan fingerprint density at radius 2 is 0.891 bits per heavy atom. The second-order valence-corrected chi connectivity index (χ2v) is 17.1. The molecule has 0 amide bonds. The first-order valence-electron chi connectivity index (χ1n) is 16.6. The molecular weight excluding hydrogens is 735 g/mol. The molecule has 0 N–H and O–H groups in total. The topological polar surface area (TPSA) is 0 Å². The monoisotopic (exact) mass is 788 g/mol. The fraction of sp³-hybridized carbons (Fsp3) is 0.273. The zero-order chi connectivity index (χ0) is 29.8. The van der Waals surface area contributed by atoms with E-state index in [2.05, 4.69) is 137 Å². The standard InChI is InChI=1S/C42H46Si.2CH3.Hf/c1-5-7-13-25-43(26-14-8-6-2,35-27-33-19-15-23-39(41(33)29-35)37-21-11-9-17-31(37)3)36-28-34-20-16-24-40(42(34)30-36)38-22-12-10-18-32(38)4;;;/h9-12,15-24,27-30H,5-8,13-14,25-26H2,1-4H3;2*1H3;/q-2;2*-1;+4. The molecule has 0 nitrogen and oxygen atoms in total. The Balaban J connectivity index is 0.00000192. The van der Waals surface area contributed by atoms with Gasteiger partial charge >= 0.3 is 25.8 Å². The summed E-state index contributed by atoms with van der Waals surface area (Å²) >= 11 is 0. The van der Waals surface area contributed by atoms with E-state index < -0.39 is 8.07 Å². The van der Waals surface area contributed by atoms with Crippen LogP contribution in [0.2, 0.25) is 12.1 Å². The quantitative estimate of drug-likeness (QED) is 0.0658. The number of hydrogen-bond acceptors (Lipinski definition) is 0. The van der Waals surface area contributed by atoms with Crippen molar-refractivity contribution in [2.24, 2.45) is 0 Å². The van der Waals surface area contributed by atoms with E-state index in [-0.39, 0.29) is 40.7 Å². The summed E-state index contributed by atoms with van der Waals surface area (Å²) in [6, 6.07) is 44.7. The number of hydrogen-bond donors (Lipinski definition) is 0. The Kier molecular flexibility index (Phi) is 13.8. The second-order valence-electron chi connectivity index (χ2n) is 12.7. The van der Waals surface area contributed by atoms with Crippen LogP contribution in [0.25, 0.3) is 43.8 Å². The zero-order valence-electron chi connectivity index (χ0n) is 29.0. The summed E-state index contributed by atoms with van der Waals surface area (Å²) in [6.45, 7) is 9.18. The van der Waals surface area contributed by atoms with Gasteiger partial charge in [0.2, 0.25) is 0 Å². The van der Waals surface area contributed by atoms with Gasteiger partial charge < -0.3 is 14.9 Å². The minimum absolute atomic E-state index is 0. The first-order valence-corrected chi connectivity index (χ1v) is 19.0. The summed E-state index contributed by atoms with van der Waals surface area (Å²) in [5.41, 5.74) is 8.16. The van der Waals surface area contributed by atoms with Gasteiger partial charge in [-0.05, 0) is 36.1 Å². The number of unbranched alkanes of at least 4 members (excludes halogenated alkanes) is 4. The van der Waals surface area contributed by atoms with Crippen molar-refractivity contribution in [1.29, 1.82) is 0 Å². The van der Waals surface area contributed by atoms with E-state index in [1.165, 1.54) is 106 Å². The molecule has 0 spiro atoms. The third-order valence-corrected chi connectivity index (χ3v) is 15.1. The summed E-state index contributed by atoms with van der Waals surface area (Å²) in [5, 5.41) is 8.93. The molecule has 46 heavy (non-hydrogen) atoms. The van der Waals surface area contributed by atoms with Crippen LogP contribution in [0.15, 0.2) is 109 Å². The van der Waals surface area contributed by atoms with Crippen LogP contribution in [0.5, 0.6) is 0 Å². The van der Waals surface area contributed by atoms with Gasteiger partial charge in [0.15, 0.2) is 0 Å². The van der Waals surface area contributed by atoms with Crippen LogP contribution in [0.4, 0.5) is 0 Å². The van der Waals surface area contributed by atoms with Gasteiger partial charge in [0, 0.05) is 0 Å². The molecule has 6 rings (SSSR count). The van der Waals surface area contributed by atoms with Crippen LogP contribution >= 0.6 is 0 Å². The smallest absolute Gasteiger partial charge is 0.358 e. The second kappa shape index (κ2) is 16.8. The summed E-state index contributed by atoms with van der Waals surface area (Å²) in [4.78, 5) is 0. The van der Waals surface area contributed by atoms with Gasteiger partial charge in [-0.15, -0.1) is 68.3 Å². The average molecular weight is 787 g/mol. The average Bonchev–Trinajstić information content (AvgIpc) is 3.67. The molecule has 0 aliphatic heterocycles. The van der Waals surface area contributed by atoms with Crippen molar-refractivity contribution in [3.63, 3.8) is 0 Å². The maximum Gasteiger partial charge on any atom is 4.00 e. The first kappa shape index (κ1) is 37.6. The first-order chi connectivity index (χ1) is 21.1. The molecule has 0 aliphatic rings. The summed E-state index contributed by atoms with van der Waals surface area (Å²) in [7, 11) is -2.06. The van der Waals surface area contributed by atoms with Crippen molar-refractivity contribution in [3.8, 4) is 22.3 Å². The van der Waals surface area contributed by atoms with Gasteiger partial charge in [0.05, 0.1) is 8.07 Å². The predicted octanol–water partition coefficient (Wildman–Crippen LogP) is 12.2. The largest absolute Gasteiger partial charge is 4.00 e. The molecule has 0 unspecified atom stereocenters. The molecule has 0 saturated heterocycles. The molecule has 0 bridgehead atoms. The van der Waals surface area contributed by atoms with E-state index in [4.69, 9.17) is 0 Å². The molecule has 0 atom stereocenters. The third kappa shape index (κ3) is 7.34. The Hall–Kier alpha value is -2.81. The van der Waals surface area contributed by atoms with Gasteiger partial charge in [0.1, 0.15) is 0 Å². The van der Waals surface area contributed by atoms with E-state index in [1.807, 2.05) is 0 Å². The number of fused-ring (bicyclic) bond motifs is 2. The molecule has 2 heteroatoms. The van der Waals surface area contributed by atoms with Crippen LogP contribution < -0.4 is 10.4 Å². The van der Waals surface area contributed by atoms with Crippen LogP contribution in [0, 0.1) is 28.7 Å². The molecule has 6 aromatic rings. The Morgan fingerprint density at radius 3 is 1.28 bits per heavy atom. The van der Waals surface area contributed by atoms with E-state index in [1.54, 1.807) is 10.4 Å². The number of rotatable bonds is 12. The molecule has 0 aromatic heterocycles.